The second-order valence-corrected chi connectivity index (χ2v) is 2.80. The van der Waals surface area contributed by atoms with Crippen LogP contribution in [-0.4, -0.2) is 17.7 Å². The molecule has 0 fully saturated rings. The van der Waals surface area contributed by atoms with Crippen molar-refractivity contribution < 1.29 is 4.84 Å². The van der Waals surface area contributed by atoms with Gasteiger partial charge in [-0.25, -0.2) is 0 Å². The number of rotatable bonds is 3. The molecule has 0 aromatic heterocycles. The fraction of sp³-hybridized carbons (Fsp3) is 0.857. The molecule has 0 unspecified atom stereocenters. The maximum atomic E-state index is 5.57. The fourth-order valence-electron chi connectivity index (χ4n) is 1.01. The van der Waals surface area contributed by atoms with Crippen LogP contribution < -0.4 is 0 Å². The highest BCUT2D eigenvalue weighted by Crippen LogP contribution is 2.14. The quantitative estimate of drug-likeness (QED) is 0.582. The van der Waals surface area contributed by atoms with Crippen molar-refractivity contribution in [2.24, 2.45) is 5.16 Å². The molecule has 0 saturated heterocycles. The van der Waals surface area contributed by atoms with Crippen LogP contribution in [0.5, 0.6) is 0 Å². The van der Waals surface area contributed by atoms with Crippen LogP contribution >= 0.6 is 11.6 Å². The van der Waals surface area contributed by atoms with Crippen molar-refractivity contribution in [2.75, 3.05) is 5.88 Å². The third-order valence-electron chi connectivity index (χ3n) is 1.50. The number of alkyl halides is 1. The molecule has 0 aromatic rings. The predicted molar refractivity (Wildman–Crippen MR) is 42.6 cm³/mol. The van der Waals surface area contributed by atoms with Gasteiger partial charge in [0, 0.05) is 6.42 Å². The van der Waals surface area contributed by atoms with Crippen molar-refractivity contribution in [1.82, 2.24) is 0 Å². The zero-order valence-corrected chi connectivity index (χ0v) is 6.90. The van der Waals surface area contributed by atoms with E-state index in [-0.39, 0.29) is 6.10 Å². The minimum absolute atomic E-state index is 0.142. The predicted octanol–water partition coefficient (Wildman–Crippen LogP) is 2.17. The zero-order chi connectivity index (χ0) is 7.40. The third kappa shape index (κ3) is 1.87. The van der Waals surface area contributed by atoms with Gasteiger partial charge in [0.1, 0.15) is 6.10 Å². The topological polar surface area (TPSA) is 21.6 Å². The summed E-state index contributed by atoms with van der Waals surface area (Å²) >= 11 is 5.57. The van der Waals surface area contributed by atoms with Gasteiger partial charge in [-0.2, -0.15) is 0 Å². The summed E-state index contributed by atoms with van der Waals surface area (Å²) in [6, 6.07) is 0. The molecule has 1 heterocycles. The van der Waals surface area contributed by atoms with E-state index in [1.165, 1.54) is 0 Å². The molecule has 0 N–H and O–H groups in total. The summed E-state index contributed by atoms with van der Waals surface area (Å²) in [5.41, 5.74) is 1.16. The van der Waals surface area contributed by atoms with Gasteiger partial charge in [0.2, 0.25) is 0 Å². The maximum absolute atomic E-state index is 5.57. The van der Waals surface area contributed by atoms with Gasteiger partial charge >= 0.3 is 0 Å². The minimum Gasteiger partial charge on any atom is -0.391 e. The Morgan fingerprint density at radius 3 is 3.10 bits per heavy atom. The molecule has 1 rings (SSSR count). The van der Waals surface area contributed by atoms with E-state index < -0.39 is 0 Å². The van der Waals surface area contributed by atoms with E-state index in [9.17, 15) is 0 Å². The Kier molecular flexibility index (Phi) is 3.00. The minimum atomic E-state index is 0.142. The lowest BCUT2D eigenvalue weighted by atomic mass is 10.1. The van der Waals surface area contributed by atoms with Crippen LogP contribution in [0.2, 0.25) is 0 Å². The highest BCUT2D eigenvalue weighted by molar-refractivity contribution is 6.18. The van der Waals surface area contributed by atoms with E-state index in [0.29, 0.717) is 5.88 Å². The first-order chi connectivity index (χ1) is 4.86. The number of nitrogens with zero attached hydrogens (tertiary/aromatic N) is 1. The fourth-order valence-corrected chi connectivity index (χ4v) is 1.17. The van der Waals surface area contributed by atoms with Crippen LogP contribution in [0.3, 0.4) is 0 Å². The summed E-state index contributed by atoms with van der Waals surface area (Å²) in [4.78, 5) is 5.02. The average molecular weight is 162 g/mol. The van der Waals surface area contributed by atoms with Crippen molar-refractivity contribution in [2.45, 2.75) is 32.3 Å². The van der Waals surface area contributed by atoms with Crippen LogP contribution in [-0.2, 0) is 4.84 Å². The lowest BCUT2D eigenvalue weighted by Gasteiger charge is -1.99. The molecular formula is C7H12ClNO. The van der Waals surface area contributed by atoms with Crippen molar-refractivity contribution in [3.05, 3.63) is 0 Å². The Balaban J connectivity index is 2.25. The molecule has 0 saturated carbocycles. The lowest BCUT2D eigenvalue weighted by Crippen LogP contribution is -2.08. The molecule has 0 bridgehead atoms. The Morgan fingerprint density at radius 1 is 1.80 bits per heavy atom. The van der Waals surface area contributed by atoms with Gasteiger partial charge in [0.15, 0.2) is 0 Å². The summed E-state index contributed by atoms with van der Waals surface area (Å²) < 4.78 is 0. The summed E-state index contributed by atoms with van der Waals surface area (Å²) in [6.45, 7) is 2.14. The van der Waals surface area contributed by atoms with E-state index in [1.54, 1.807) is 0 Å². The molecule has 58 valence electrons. The van der Waals surface area contributed by atoms with E-state index >= 15 is 0 Å². The summed E-state index contributed by atoms with van der Waals surface area (Å²) in [7, 11) is 0. The smallest absolute Gasteiger partial charge is 0.146 e. The Labute approximate surface area is 66.2 Å². The molecule has 0 radical (unpaired) electrons. The Morgan fingerprint density at radius 2 is 2.60 bits per heavy atom. The molecule has 0 aromatic carbocycles. The van der Waals surface area contributed by atoms with Gasteiger partial charge in [0.05, 0.1) is 11.6 Å². The summed E-state index contributed by atoms with van der Waals surface area (Å²) in [5, 5.41) is 3.91. The van der Waals surface area contributed by atoms with Crippen LogP contribution in [0.15, 0.2) is 5.16 Å². The molecule has 2 nitrogen and oxygen atoms in total. The van der Waals surface area contributed by atoms with Gasteiger partial charge < -0.3 is 4.84 Å². The van der Waals surface area contributed by atoms with Crippen LogP contribution in [0.4, 0.5) is 0 Å². The molecular weight excluding hydrogens is 150 g/mol. The molecule has 3 heteroatoms. The molecule has 0 aliphatic carbocycles. The van der Waals surface area contributed by atoms with E-state index in [1.807, 2.05) is 0 Å². The number of hydrogen-bond donors (Lipinski definition) is 0. The maximum Gasteiger partial charge on any atom is 0.146 e. The first kappa shape index (κ1) is 7.86. The zero-order valence-electron chi connectivity index (χ0n) is 6.14. The third-order valence-corrected chi connectivity index (χ3v) is 1.85. The van der Waals surface area contributed by atoms with Gasteiger partial charge in [-0.15, -0.1) is 11.6 Å². The first-order valence-electron chi connectivity index (χ1n) is 3.64. The monoisotopic (exact) mass is 161 g/mol. The van der Waals surface area contributed by atoms with Gasteiger partial charge in [-0.3, -0.25) is 0 Å². The highest BCUT2D eigenvalue weighted by atomic mass is 35.5. The summed E-state index contributed by atoms with van der Waals surface area (Å²) in [6.07, 6.45) is 3.25. The van der Waals surface area contributed by atoms with E-state index in [4.69, 9.17) is 16.4 Å². The molecule has 1 aliphatic heterocycles. The molecule has 1 aliphatic rings. The number of oxime groups is 1. The lowest BCUT2D eigenvalue weighted by molar-refractivity contribution is 0.102. The molecule has 10 heavy (non-hydrogen) atoms. The van der Waals surface area contributed by atoms with Crippen molar-refractivity contribution in [3.63, 3.8) is 0 Å². The van der Waals surface area contributed by atoms with Gasteiger partial charge in [-0.05, 0) is 6.42 Å². The van der Waals surface area contributed by atoms with E-state index in [2.05, 4.69) is 12.1 Å². The second-order valence-electron chi connectivity index (χ2n) is 2.49. The summed E-state index contributed by atoms with van der Waals surface area (Å²) in [5.74, 6) is 0.552. The standard InChI is InChI=1S/C7H12ClNO/c1-2-3-6-4-7(5-8)10-9-6/h7H,2-5H2,1H3/t7-/m0/s1. The van der Waals surface area contributed by atoms with Crippen molar-refractivity contribution in [1.29, 1.82) is 0 Å². The van der Waals surface area contributed by atoms with Crippen LogP contribution in [0, 0.1) is 0 Å². The highest BCUT2D eigenvalue weighted by Gasteiger charge is 2.18. The Hall–Kier alpha value is -0.240. The molecule has 0 amide bonds. The van der Waals surface area contributed by atoms with Crippen molar-refractivity contribution >= 4 is 17.3 Å². The van der Waals surface area contributed by atoms with Gasteiger partial charge in [-0.1, -0.05) is 18.5 Å². The average Bonchev–Trinajstić information content (AvgIpc) is 2.37. The SMILES string of the molecule is CCCC1=NO[C@H](CCl)C1. The van der Waals surface area contributed by atoms with Crippen LogP contribution in [0.25, 0.3) is 0 Å². The van der Waals surface area contributed by atoms with Crippen molar-refractivity contribution in [3.8, 4) is 0 Å². The van der Waals surface area contributed by atoms with Gasteiger partial charge in [0.25, 0.3) is 0 Å². The molecule has 0 spiro atoms. The largest absolute Gasteiger partial charge is 0.391 e. The van der Waals surface area contributed by atoms with Crippen LogP contribution in [0.1, 0.15) is 26.2 Å². The van der Waals surface area contributed by atoms with E-state index in [0.717, 1.165) is 25.0 Å². The number of hydrogen-bond acceptors (Lipinski definition) is 2. The molecule has 1 atom stereocenters. The Bertz CT molecular complexity index is 136. The normalized spacial score (nSPS) is 24.2. The number of halogens is 1. The first-order valence-corrected chi connectivity index (χ1v) is 4.17. The second kappa shape index (κ2) is 3.81.